The summed E-state index contributed by atoms with van der Waals surface area (Å²) in [7, 11) is -1.55. The predicted octanol–water partition coefficient (Wildman–Crippen LogP) is 3.59. The Morgan fingerprint density at radius 3 is 2.38 bits per heavy atom. The summed E-state index contributed by atoms with van der Waals surface area (Å²) in [6.45, 7) is 7.67. The first-order valence-electron chi connectivity index (χ1n) is 9.19. The van der Waals surface area contributed by atoms with Gasteiger partial charge in [-0.2, -0.15) is 0 Å². The van der Waals surface area contributed by atoms with E-state index in [0.717, 1.165) is 34.5 Å². The number of halogens is 1. The van der Waals surface area contributed by atoms with Crippen molar-refractivity contribution in [3.8, 4) is 5.75 Å². The molecule has 2 aromatic carbocycles. The van der Waals surface area contributed by atoms with Gasteiger partial charge in [0.15, 0.2) is 15.8 Å². The second-order valence-electron chi connectivity index (χ2n) is 6.78. The van der Waals surface area contributed by atoms with Crippen LogP contribution in [0.25, 0.3) is 0 Å². The monoisotopic (exact) mass is 531 g/mol. The van der Waals surface area contributed by atoms with Crippen LogP contribution in [0.3, 0.4) is 0 Å². The molecule has 2 N–H and O–H groups in total. The first-order valence-corrected chi connectivity index (χ1v) is 11.1. The molecule has 0 fully saturated rings. The standard InChI is InChI=1S/C21H29N3O3S.HI/c1-6-22-21(24-14-18-9-15(2)10-19(12-18)27-4)23-13-17-7-8-20(16(3)11-17)28(5,25)26;/h7-12H,6,13-14H2,1-5H3,(H2,22,23,24);1H. The number of benzene rings is 2. The van der Waals surface area contributed by atoms with Gasteiger partial charge in [-0.1, -0.05) is 18.2 Å². The van der Waals surface area contributed by atoms with Gasteiger partial charge in [0.05, 0.1) is 18.6 Å². The topological polar surface area (TPSA) is 79.8 Å². The maximum atomic E-state index is 11.8. The second kappa shape index (κ2) is 11.4. The Morgan fingerprint density at radius 2 is 1.79 bits per heavy atom. The van der Waals surface area contributed by atoms with Gasteiger partial charge in [0.2, 0.25) is 0 Å². The third-order valence-corrected chi connectivity index (χ3v) is 5.47. The highest BCUT2D eigenvalue weighted by atomic mass is 127. The summed E-state index contributed by atoms with van der Waals surface area (Å²) in [4.78, 5) is 5.00. The highest BCUT2D eigenvalue weighted by Crippen LogP contribution is 2.18. The second-order valence-corrected chi connectivity index (χ2v) is 8.76. The zero-order chi connectivity index (χ0) is 20.7. The van der Waals surface area contributed by atoms with E-state index in [-0.39, 0.29) is 24.0 Å². The third kappa shape index (κ3) is 7.85. The molecular weight excluding hydrogens is 501 g/mol. The zero-order valence-electron chi connectivity index (χ0n) is 17.6. The van der Waals surface area contributed by atoms with Crippen molar-refractivity contribution in [1.82, 2.24) is 10.6 Å². The number of rotatable bonds is 7. The fraction of sp³-hybridized carbons (Fsp3) is 0.381. The maximum Gasteiger partial charge on any atom is 0.191 e. The summed E-state index contributed by atoms with van der Waals surface area (Å²) in [5.74, 6) is 1.53. The van der Waals surface area contributed by atoms with Crippen LogP contribution in [0, 0.1) is 13.8 Å². The van der Waals surface area contributed by atoms with Crippen molar-refractivity contribution in [3.05, 3.63) is 58.7 Å². The first-order chi connectivity index (χ1) is 13.2. The van der Waals surface area contributed by atoms with Gasteiger partial charge in [0.25, 0.3) is 0 Å². The lowest BCUT2D eigenvalue weighted by Gasteiger charge is -2.13. The lowest BCUT2D eigenvalue weighted by Crippen LogP contribution is -2.36. The van der Waals surface area contributed by atoms with Crippen molar-refractivity contribution >= 4 is 39.8 Å². The van der Waals surface area contributed by atoms with E-state index in [2.05, 4.69) is 21.7 Å². The van der Waals surface area contributed by atoms with E-state index in [1.165, 1.54) is 6.26 Å². The molecule has 0 bridgehead atoms. The van der Waals surface area contributed by atoms with Gasteiger partial charge >= 0.3 is 0 Å². The average Bonchev–Trinajstić information content (AvgIpc) is 2.62. The van der Waals surface area contributed by atoms with Crippen LogP contribution in [-0.4, -0.2) is 34.3 Å². The molecule has 8 heteroatoms. The normalized spacial score (nSPS) is 11.6. The molecule has 0 aliphatic carbocycles. The quantitative estimate of drug-likeness (QED) is 0.325. The minimum atomic E-state index is -3.21. The lowest BCUT2D eigenvalue weighted by atomic mass is 10.1. The van der Waals surface area contributed by atoms with Gasteiger partial charge < -0.3 is 15.4 Å². The highest BCUT2D eigenvalue weighted by molar-refractivity contribution is 14.0. The van der Waals surface area contributed by atoms with Gasteiger partial charge in [-0.05, 0) is 61.2 Å². The molecule has 6 nitrogen and oxygen atoms in total. The molecule has 0 radical (unpaired) electrons. The Balaban J connectivity index is 0.00000420. The minimum absolute atomic E-state index is 0. The molecule has 0 aromatic heterocycles. The molecule has 2 aromatic rings. The van der Waals surface area contributed by atoms with E-state index in [4.69, 9.17) is 4.74 Å². The van der Waals surface area contributed by atoms with Crippen molar-refractivity contribution in [2.24, 2.45) is 4.99 Å². The molecule has 0 atom stereocenters. The van der Waals surface area contributed by atoms with E-state index in [9.17, 15) is 8.42 Å². The summed E-state index contributed by atoms with van der Waals surface area (Å²) in [6, 6.07) is 11.4. The lowest BCUT2D eigenvalue weighted by molar-refractivity contribution is 0.414. The van der Waals surface area contributed by atoms with Crippen LogP contribution in [0.2, 0.25) is 0 Å². The van der Waals surface area contributed by atoms with Gasteiger partial charge in [0.1, 0.15) is 5.75 Å². The van der Waals surface area contributed by atoms with Crippen molar-refractivity contribution in [2.75, 3.05) is 19.9 Å². The van der Waals surface area contributed by atoms with Crippen LogP contribution in [0.4, 0.5) is 0 Å². The number of sulfone groups is 1. The number of guanidine groups is 1. The summed E-state index contributed by atoms with van der Waals surface area (Å²) in [5.41, 5.74) is 3.94. The third-order valence-electron chi connectivity index (χ3n) is 4.21. The van der Waals surface area contributed by atoms with E-state index in [1.807, 2.05) is 45.0 Å². The number of aryl methyl sites for hydroxylation is 2. The van der Waals surface area contributed by atoms with Crippen molar-refractivity contribution in [1.29, 1.82) is 0 Å². The van der Waals surface area contributed by atoms with E-state index < -0.39 is 9.84 Å². The molecule has 29 heavy (non-hydrogen) atoms. The van der Waals surface area contributed by atoms with Crippen LogP contribution >= 0.6 is 24.0 Å². The minimum Gasteiger partial charge on any atom is -0.497 e. The fourth-order valence-corrected chi connectivity index (χ4v) is 3.93. The largest absolute Gasteiger partial charge is 0.497 e. The number of aliphatic imine (C=N–C) groups is 1. The molecule has 160 valence electrons. The van der Waals surface area contributed by atoms with Crippen molar-refractivity contribution in [3.63, 3.8) is 0 Å². The molecule has 0 aliphatic rings. The smallest absolute Gasteiger partial charge is 0.191 e. The summed E-state index contributed by atoms with van der Waals surface area (Å²) < 4.78 is 28.8. The molecule has 2 rings (SSSR count). The zero-order valence-corrected chi connectivity index (χ0v) is 20.7. The Hall–Kier alpha value is -1.81. The first kappa shape index (κ1) is 25.2. The summed E-state index contributed by atoms with van der Waals surface area (Å²) in [5, 5.41) is 6.52. The van der Waals surface area contributed by atoms with Gasteiger partial charge in [0, 0.05) is 19.3 Å². The number of nitrogens with zero attached hydrogens (tertiary/aromatic N) is 1. The van der Waals surface area contributed by atoms with Crippen LogP contribution in [0.1, 0.15) is 29.2 Å². The van der Waals surface area contributed by atoms with E-state index in [0.29, 0.717) is 23.9 Å². The van der Waals surface area contributed by atoms with Crippen molar-refractivity contribution < 1.29 is 13.2 Å². The van der Waals surface area contributed by atoms with Gasteiger partial charge in [-0.3, -0.25) is 0 Å². The molecule has 0 saturated carbocycles. The molecule has 0 amide bonds. The van der Waals surface area contributed by atoms with Gasteiger partial charge in [-0.15, -0.1) is 24.0 Å². The maximum absolute atomic E-state index is 11.8. The molecule has 0 heterocycles. The van der Waals surface area contributed by atoms with E-state index in [1.54, 1.807) is 13.2 Å². The molecule has 0 unspecified atom stereocenters. The van der Waals surface area contributed by atoms with Crippen LogP contribution < -0.4 is 15.4 Å². The SMILES string of the molecule is CCNC(=NCc1cc(C)cc(OC)c1)NCc1ccc(S(C)(=O)=O)c(C)c1.I. The van der Waals surface area contributed by atoms with E-state index >= 15 is 0 Å². The summed E-state index contributed by atoms with van der Waals surface area (Å²) in [6.07, 6.45) is 1.23. The average molecular weight is 531 g/mol. The van der Waals surface area contributed by atoms with Crippen molar-refractivity contribution in [2.45, 2.75) is 38.8 Å². The number of hydrogen-bond donors (Lipinski definition) is 2. The van der Waals surface area contributed by atoms with Crippen LogP contribution in [0.5, 0.6) is 5.75 Å². The van der Waals surface area contributed by atoms with Crippen LogP contribution in [-0.2, 0) is 22.9 Å². The number of hydrogen-bond acceptors (Lipinski definition) is 4. The van der Waals surface area contributed by atoms with Crippen LogP contribution in [0.15, 0.2) is 46.3 Å². The number of nitrogens with one attached hydrogen (secondary N) is 2. The number of methoxy groups -OCH3 is 1. The summed E-state index contributed by atoms with van der Waals surface area (Å²) >= 11 is 0. The Bertz CT molecular complexity index is 960. The Morgan fingerprint density at radius 1 is 1.07 bits per heavy atom. The predicted molar refractivity (Wildman–Crippen MR) is 129 cm³/mol. The Kier molecular flexibility index (Phi) is 9.91. The molecule has 0 spiro atoms. The highest BCUT2D eigenvalue weighted by Gasteiger charge is 2.11. The molecule has 0 saturated heterocycles. The Labute approximate surface area is 191 Å². The van der Waals surface area contributed by atoms with Gasteiger partial charge in [-0.25, -0.2) is 13.4 Å². The molecule has 0 aliphatic heterocycles. The fourth-order valence-electron chi connectivity index (χ4n) is 2.97. The number of ether oxygens (including phenoxy) is 1. The molecular formula is C21H30IN3O3S.